The van der Waals surface area contributed by atoms with Crippen LogP contribution in [0.3, 0.4) is 0 Å². The van der Waals surface area contributed by atoms with E-state index in [4.69, 9.17) is 5.26 Å². The molecule has 56 valence electrons. The highest BCUT2D eigenvalue weighted by Crippen LogP contribution is 1.95. The van der Waals surface area contributed by atoms with Crippen molar-refractivity contribution in [3.8, 4) is 6.07 Å². The Morgan fingerprint density at radius 3 is 2.64 bits per heavy atom. The van der Waals surface area contributed by atoms with E-state index in [0.717, 1.165) is 0 Å². The first-order valence-corrected chi connectivity index (χ1v) is 3.37. The van der Waals surface area contributed by atoms with Crippen LogP contribution in [-0.4, -0.2) is 0 Å². The molecule has 1 nitrogen and oxygen atoms in total. The van der Waals surface area contributed by atoms with Gasteiger partial charge < -0.3 is 0 Å². The SMILES string of the molecule is C=CC=CC(C#N)=CC=CC. The summed E-state index contributed by atoms with van der Waals surface area (Å²) in [6.45, 7) is 5.41. The van der Waals surface area contributed by atoms with Gasteiger partial charge in [-0.1, -0.05) is 30.9 Å². The Balaban J connectivity index is 4.30. The lowest BCUT2D eigenvalue weighted by molar-refractivity contribution is 1.49. The maximum atomic E-state index is 8.54. The maximum Gasteiger partial charge on any atom is 0.0991 e. The van der Waals surface area contributed by atoms with E-state index in [1.165, 1.54) is 0 Å². The van der Waals surface area contributed by atoms with Crippen molar-refractivity contribution in [1.82, 2.24) is 0 Å². The summed E-state index contributed by atoms with van der Waals surface area (Å²) in [7, 11) is 0. The van der Waals surface area contributed by atoms with Gasteiger partial charge in [0, 0.05) is 0 Å². The smallest absolute Gasteiger partial charge is 0.0991 e. The average Bonchev–Trinajstić information content (AvgIpc) is 2.05. The highest BCUT2D eigenvalue weighted by atomic mass is 14.2. The number of nitriles is 1. The van der Waals surface area contributed by atoms with Crippen molar-refractivity contribution in [3.05, 3.63) is 48.6 Å². The largest absolute Gasteiger partial charge is 0.192 e. The summed E-state index contributed by atoms with van der Waals surface area (Å²) in [5.74, 6) is 0. The molecule has 0 unspecified atom stereocenters. The first-order valence-electron chi connectivity index (χ1n) is 3.37. The molecule has 0 radical (unpaired) electrons. The molecule has 0 N–H and O–H groups in total. The fourth-order valence-electron chi connectivity index (χ4n) is 0.502. The molecule has 0 heterocycles. The van der Waals surface area contributed by atoms with Crippen LogP contribution in [-0.2, 0) is 0 Å². The Hall–Kier alpha value is -1.55. The summed E-state index contributed by atoms with van der Waals surface area (Å²) in [6, 6.07) is 2.05. The van der Waals surface area contributed by atoms with E-state index in [9.17, 15) is 0 Å². The minimum absolute atomic E-state index is 0.628. The van der Waals surface area contributed by atoms with E-state index in [0.29, 0.717) is 5.57 Å². The molecule has 0 fully saturated rings. The molecule has 0 aliphatic heterocycles. The third-order valence-electron chi connectivity index (χ3n) is 1.01. The van der Waals surface area contributed by atoms with Crippen molar-refractivity contribution in [2.45, 2.75) is 6.92 Å². The van der Waals surface area contributed by atoms with E-state index in [-0.39, 0.29) is 0 Å². The van der Waals surface area contributed by atoms with E-state index in [1.54, 1.807) is 24.3 Å². The Kier molecular flexibility index (Phi) is 5.64. The summed E-state index contributed by atoms with van der Waals surface area (Å²) in [4.78, 5) is 0. The van der Waals surface area contributed by atoms with Crippen LogP contribution in [0.2, 0.25) is 0 Å². The number of rotatable bonds is 3. The van der Waals surface area contributed by atoms with Crippen LogP contribution in [0.1, 0.15) is 6.92 Å². The lowest BCUT2D eigenvalue weighted by Crippen LogP contribution is -1.67. The Morgan fingerprint density at radius 2 is 2.18 bits per heavy atom. The van der Waals surface area contributed by atoms with Gasteiger partial charge in [0.25, 0.3) is 0 Å². The van der Waals surface area contributed by atoms with Crippen LogP contribution in [0.25, 0.3) is 0 Å². The van der Waals surface area contributed by atoms with Crippen LogP contribution in [0.4, 0.5) is 0 Å². The van der Waals surface area contributed by atoms with Crippen LogP contribution in [0.5, 0.6) is 0 Å². The topological polar surface area (TPSA) is 23.8 Å². The summed E-state index contributed by atoms with van der Waals surface area (Å²) in [5.41, 5.74) is 0.628. The van der Waals surface area contributed by atoms with Gasteiger partial charge in [0.2, 0.25) is 0 Å². The zero-order valence-corrected chi connectivity index (χ0v) is 6.62. The molecule has 0 aromatic carbocycles. The number of hydrogen-bond acceptors (Lipinski definition) is 1. The van der Waals surface area contributed by atoms with E-state index < -0.39 is 0 Å². The molecule has 0 aromatic rings. The molecular weight excluding hydrogens is 134 g/mol. The van der Waals surface area contributed by atoms with Gasteiger partial charge in [-0.3, -0.25) is 0 Å². The van der Waals surface area contributed by atoms with Crippen LogP contribution in [0.15, 0.2) is 48.6 Å². The molecule has 0 aliphatic rings. The Labute approximate surface area is 67.7 Å². The van der Waals surface area contributed by atoms with Crippen molar-refractivity contribution < 1.29 is 0 Å². The quantitative estimate of drug-likeness (QED) is 0.442. The molecule has 11 heavy (non-hydrogen) atoms. The third-order valence-corrected chi connectivity index (χ3v) is 1.01. The van der Waals surface area contributed by atoms with Crippen molar-refractivity contribution in [2.24, 2.45) is 0 Å². The van der Waals surface area contributed by atoms with Gasteiger partial charge in [-0.15, -0.1) is 0 Å². The monoisotopic (exact) mass is 145 g/mol. The molecule has 0 saturated carbocycles. The molecule has 0 spiro atoms. The second-order valence-electron chi connectivity index (χ2n) is 1.85. The predicted molar refractivity (Wildman–Crippen MR) is 47.8 cm³/mol. The van der Waals surface area contributed by atoms with Gasteiger partial charge in [0.1, 0.15) is 0 Å². The second kappa shape index (κ2) is 6.57. The summed E-state index contributed by atoms with van der Waals surface area (Å²) in [5, 5.41) is 8.54. The average molecular weight is 145 g/mol. The maximum absolute atomic E-state index is 8.54. The highest BCUT2D eigenvalue weighted by molar-refractivity contribution is 5.36. The van der Waals surface area contributed by atoms with Gasteiger partial charge in [-0.2, -0.15) is 5.26 Å². The summed E-state index contributed by atoms with van der Waals surface area (Å²) < 4.78 is 0. The Bertz CT molecular complexity index is 236. The van der Waals surface area contributed by atoms with Crippen molar-refractivity contribution >= 4 is 0 Å². The van der Waals surface area contributed by atoms with E-state index >= 15 is 0 Å². The van der Waals surface area contributed by atoms with Crippen LogP contribution >= 0.6 is 0 Å². The predicted octanol–water partition coefficient (Wildman–Crippen LogP) is 2.75. The van der Waals surface area contributed by atoms with Gasteiger partial charge in [0.15, 0.2) is 0 Å². The van der Waals surface area contributed by atoms with Crippen molar-refractivity contribution in [1.29, 1.82) is 5.26 Å². The fraction of sp³-hybridized carbons (Fsp3) is 0.100. The molecule has 0 aromatic heterocycles. The number of allylic oxidation sites excluding steroid dienone is 7. The number of hydrogen-bond donors (Lipinski definition) is 0. The summed E-state index contributed by atoms with van der Waals surface area (Å²) in [6.07, 6.45) is 10.5. The molecule has 1 heteroatoms. The minimum atomic E-state index is 0.628. The standard InChI is InChI=1S/C10H11N/c1-3-5-7-10(9-11)8-6-4-2/h3-8H,1H2,2H3. The fourth-order valence-corrected chi connectivity index (χ4v) is 0.502. The zero-order valence-electron chi connectivity index (χ0n) is 6.62. The van der Waals surface area contributed by atoms with Gasteiger partial charge >= 0.3 is 0 Å². The van der Waals surface area contributed by atoms with Crippen LogP contribution in [0, 0.1) is 11.3 Å². The number of nitrogens with zero attached hydrogens (tertiary/aromatic N) is 1. The molecule has 0 aliphatic carbocycles. The molecule has 0 saturated heterocycles. The lowest BCUT2D eigenvalue weighted by Gasteiger charge is -1.81. The van der Waals surface area contributed by atoms with Gasteiger partial charge in [-0.25, -0.2) is 0 Å². The van der Waals surface area contributed by atoms with Gasteiger partial charge in [0.05, 0.1) is 11.6 Å². The van der Waals surface area contributed by atoms with E-state index in [2.05, 4.69) is 6.58 Å². The first kappa shape index (κ1) is 9.45. The Morgan fingerprint density at radius 1 is 1.45 bits per heavy atom. The lowest BCUT2D eigenvalue weighted by atomic mass is 10.2. The molecule has 0 amide bonds. The van der Waals surface area contributed by atoms with E-state index in [1.807, 2.05) is 25.1 Å². The summed E-state index contributed by atoms with van der Waals surface area (Å²) >= 11 is 0. The van der Waals surface area contributed by atoms with Crippen LogP contribution < -0.4 is 0 Å². The van der Waals surface area contributed by atoms with Crippen molar-refractivity contribution in [2.75, 3.05) is 0 Å². The molecule has 0 bridgehead atoms. The zero-order chi connectivity index (χ0) is 8.53. The first-order chi connectivity index (χ1) is 5.35. The molecular formula is C10H11N. The van der Waals surface area contributed by atoms with Crippen molar-refractivity contribution in [3.63, 3.8) is 0 Å². The molecule has 0 rings (SSSR count). The third kappa shape index (κ3) is 4.92. The highest BCUT2D eigenvalue weighted by Gasteiger charge is 1.81. The second-order valence-corrected chi connectivity index (χ2v) is 1.85. The minimum Gasteiger partial charge on any atom is -0.192 e. The molecule has 0 atom stereocenters. The van der Waals surface area contributed by atoms with Gasteiger partial charge in [-0.05, 0) is 19.1 Å². The normalized spacial score (nSPS) is 12.2.